The van der Waals surface area contributed by atoms with Crippen molar-refractivity contribution in [1.29, 1.82) is 0 Å². The molecule has 1 aromatic rings. The van der Waals surface area contributed by atoms with Crippen LogP contribution in [0.15, 0.2) is 18.3 Å². The second-order valence-corrected chi connectivity index (χ2v) is 3.10. The van der Waals surface area contributed by atoms with E-state index < -0.39 is 0 Å². The first-order valence-electron chi connectivity index (χ1n) is 4.73. The summed E-state index contributed by atoms with van der Waals surface area (Å²) < 4.78 is 4.92. The monoisotopic (exact) mass is 209 g/mol. The minimum atomic E-state index is -0.367. The Morgan fingerprint density at radius 2 is 2.40 bits per heavy atom. The third kappa shape index (κ3) is 3.12. The maximum atomic E-state index is 11.0. The average molecular weight is 209 g/mol. The predicted molar refractivity (Wildman–Crippen MR) is 57.7 cm³/mol. The number of rotatable bonds is 5. The van der Waals surface area contributed by atoms with Gasteiger partial charge in [0, 0.05) is 6.07 Å². The first kappa shape index (κ1) is 11.3. The lowest BCUT2D eigenvalue weighted by Crippen LogP contribution is -2.34. The quantitative estimate of drug-likeness (QED) is 0.750. The molecule has 1 rings (SSSR count). The Balaban J connectivity index is 2.67. The number of aromatic nitrogens is 1. The molecule has 0 saturated heterocycles. The molecule has 1 aromatic heterocycles. The van der Waals surface area contributed by atoms with Gasteiger partial charge in [-0.2, -0.15) is 0 Å². The zero-order chi connectivity index (χ0) is 11.3. The van der Waals surface area contributed by atoms with Crippen molar-refractivity contribution < 1.29 is 9.53 Å². The fourth-order valence-electron chi connectivity index (χ4n) is 1.16. The smallest absolute Gasteiger partial charge is 0.239 e. The van der Waals surface area contributed by atoms with E-state index in [9.17, 15) is 4.79 Å². The normalized spacial score (nSPS) is 11.9. The van der Waals surface area contributed by atoms with Crippen LogP contribution in [-0.2, 0) is 4.79 Å². The van der Waals surface area contributed by atoms with Crippen molar-refractivity contribution in [3.8, 4) is 5.88 Å². The van der Waals surface area contributed by atoms with Crippen LogP contribution in [-0.4, -0.2) is 24.0 Å². The van der Waals surface area contributed by atoms with Crippen molar-refractivity contribution in [2.75, 3.05) is 12.4 Å². The Labute approximate surface area is 88.6 Å². The number of ether oxygens (including phenoxy) is 1. The van der Waals surface area contributed by atoms with Crippen molar-refractivity contribution in [3.63, 3.8) is 0 Å². The van der Waals surface area contributed by atoms with Crippen LogP contribution < -0.4 is 15.8 Å². The van der Waals surface area contributed by atoms with Crippen molar-refractivity contribution >= 4 is 11.6 Å². The number of methoxy groups -OCH3 is 1. The zero-order valence-electron chi connectivity index (χ0n) is 8.86. The highest BCUT2D eigenvalue weighted by molar-refractivity contribution is 5.82. The van der Waals surface area contributed by atoms with Gasteiger partial charge in [-0.25, -0.2) is 4.98 Å². The molecule has 5 nitrogen and oxygen atoms in total. The largest absolute Gasteiger partial charge is 0.481 e. The van der Waals surface area contributed by atoms with E-state index in [1.807, 2.05) is 6.92 Å². The van der Waals surface area contributed by atoms with E-state index in [0.29, 0.717) is 12.3 Å². The number of pyridine rings is 1. The van der Waals surface area contributed by atoms with Crippen LogP contribution in [0, 0.1) is 0 Å². The summed E-state index contributed by atoms with van der Waals surface area (Å²) >= 11 is 0. The lowest BCUT2D eigenvalue weighted by molar-refractivity contribution is -0.118. The molecule has 15 heavy (non-hydrogen) atoms. The van der Waals surface area contributed by atoms with Crippen molar-refractivity contribution in [2.24, 2.45) is 5.73 Å². The summed E-state index contributed by atoms with van der Waals surface area (Å²) in [6.07, 6.45) is 2.24. The van der Waals surface area contributed by atoms with E-state index in [1.54, 1.807) is 25.4 Å². The molecule has 0 bridgehead atoms. The molecule has 0 radical (unpaired) electrons. The molecule has 0 spiro atoms. The molecular formula is C10H15N3O2. The highest BCUT2D eigenvalue weighted by Gasteiger charge is 2.11. The summed E-state index contributed by atoms with van der Waals surface area (Å²) in [5.74, 6) is 0.168. The van der Waals surface area contributed by atoms with Crippen molar-refractivity contribution in [1.82, 2.24) is 4.98 Å². The predicted octanol–water partition coefficient (Wildman–Crippen LogP) is 0.766. The van der Waals surface area contributed by atoms with E-state index >= 15 is 0 Å². The second-order valence-electron chi connectivity index (χ2n) is 3.10. The molecule has 1 heterocycles. The molecule has 82 valence electrons. The Morgan fingerprint density at radius 3 is 2.80 bits per heavy atom. The van der Waals surface area contributed by atoms with Gasteiger partial charge in [0.25, 0.3) is 0 Å². The summed E-state index contributed by atoms with van der Waals surface area (Å²) in [6, 6.07) is 3.15. The topological polar surface area (TPSA) is 77.2 Å². The number of hydrogen-bond acceptors (Lipinski definition) is 4. The fourth-order valence-corrected chi connectivity index (χ4v) is 1.16. The van der Waals surface area contributed by atoms with Gasteiger partial charge >= 0.3 is 0 Å². The van der Waals surface area contributed by atoms with Gasteiger partial charge in [-0.15, -0.1) is 0 Å². The van der Waals surface area contributed by atoms with Crippen LogP contribution in [0.5, 0.6) is 5.88 Å². The van der Waals surface area contributed by atoms with Crippen LogP contribution in [0.4, 0.5) is 5.69 Å². The van der Waals surface area contributed by atoms with E-state index in [0.717, 1.165) is 5.69 Å². The summed E-state index contributed by atoms with van der Waals surface area (Å²) in [5, 5.41) is 2.99. The minimum Gasteiger partial charge on any atom is -0.481 e. The first-order valence-corrected chi connectivity index (χ1v) is 4.73. The molecule has 0 aliphatic rings. The molecule has 1 atom stereocenters. The Morgan fingerprint density at radius 1 is 1.67 bits per heavy atom. The average Bonchev–Trinajstić information content (AvgIpc) is 2.26. The van der Waals surface area contributed by atoms with Gasteiger partial charge in [-0.05, 0) is 12.5 Å². The van der Waals surface area contributed by atoms with Gasteiger partial charge in [0.05, 0.1) is 19.0 Å². The first-order chi connectivity index (χ1) is 7.17. The molecule has 0 saturated carbocycles. The number of nitrogens with two attached hydrogens (primary N) is 1. The molecule has 5 heteroatoms. The highest BCUT2D eigenvalue weighted by atomic mass is 16.5. The van der Waals surface area contributed by atoms with Crippen molar-refractivity contribution in [2.45, 2.75) is 19.4 Å². The highest BCUT2D eigenvalue weighted by Crippen LogP contribution is 2.12. The van der Waals surface area contributed by atoms with Crippen LogP contribution in [0.1, 0.15) is 13.3 Å². The Bertz CT molecular complexity index is 324. The van der Waals surface area contributed by atoms with E-state index in [1.165, 1.54) is 0 Å². The fraction of sp³-hybridized carbons (Fsp3) is 0.400. The number of amides is 1. The maximum absolute atomic E-state index is 11.0. The second kappa shape index (κ2) is 5.19. The van der Waals surface area contributed by atoms with Gasteiger partial charge in [0.1, 0.15) is 6.04 Å². The van der Waals surface area contributed by atoms with Crippen LogP contribution >= 0.6 is 0 Å². The van der Waals surface area contributed by atoms with Crippen molar-refractivity contribution in [3.05, 3.63) is 18.3 Å². The number of nitrogens with zero attached hydrogens (tertiary/aromatic N) is 1. The molecule has 0 aliphatic carbocycles. The van der Waals surface area contributed by atoms with Crippen LogP contribution in [0.3, 0.4) is 0 Å². The van der Waals surface area contributed by atoms with Crippen LogP contribution in [0.2, 0.25) is 0 Å². The SMILES string of the molecule is CCC(Nc1ccc(OC)nc1)C(N)=O. The molecule has 0 fully saturated rings. The summed E-state index contributed by atoms with van der Waals surface area (Å²) in [4.78, 5) is 15.0. The van der Waals surface area contributed by atoms with Crippen LogP contribution in [0.25, 0.3) is 0 Å². The number of primary amides is 1. The number of carbonyl (C=O) groups excluding carboxylic acids is 1. The third-order valence-electron chi connectivity index (χ3n) is 2.04. The molecule has 1 unspecified atom stereocenters. The van der Waals surface area contributed by atoms with Gasteiger partial charge in [0.15, 0.2) is 0 Å². The minimum absolute atomic E-state index is 0.361. The van der Waals surface area contributed by atoms with Gasteiger partial charge < -0.3 is 15.8 Å². The zero-order valence-corrected chi connectivity index (χ0v) is 8.86. The Kier molecular flexibility index (Phi) is 3.91. The third-order valence-corrected chi connectivity index (χ3v) is 2.04. The van der Waals surface area contributed by atoms with E-state index in [-0.39, 0.29) is 11.9 Å². The molecule has 1 amide bonds. The number of anilines is 1. The molecule has 0 aliphatic heterocycles. The standard InChI is InChI=1S/C10H15N3O2/c1-3-8(10(11)14)13-7-4-5-9(15-2)12-6-7/h4-6,8,13H,3H2,1-2H3,(H2,11,14). The van der Waals surface area contributed by atoms with E-state index in [4.69, 9.17) is 10.5 Å². The summed E-state index contributed by atoms with van der Waals surface area (Å²) in [6.45, 7) is 1.89. The molecular weight excluding hydrogens is 194 g/mol. The van der Waals surface area contributed by atoms with Gasteiger partial charge in [-0.1, -0.05) is 6.92 Å². The molecule has 0 aromatic carbocycles. The van der Waals surface area contributed by atoms with Gasteiger partial charge in [0.2, 0.25) is 11.8 Å². The summed E-state index contributed by atoms with van der Waals surface area (Å²) in [5.41, 5.74) is 5.96. The molecule has 3 N–H and O–H groups in total. The maximum Gasteiger partial charge on any atom is 0.239 e. The number of hydrogen-bond donors (Lipinski definition) is 2. The number of carbonyl (C=O) groups is 1. The Hall–Kier alpha value is -1.78. The summed E-state index contributed by atoms with van der Waals surface area (Å²) in [7, 11) is 1.55. The lowest BCUT2D eigenvalue weighted by Gasteiger charge is -2.14. The lowest BCUT2D eigenvalue weighted by atomic mass is 10.2. The number of nitrogens with one attached hydrogen (secondary N) is 1. The van der Waals surface area contributed by atoms with E-state index in [2.05, 4.69) is 10.3 Å². The van der Waals surface area contributed by atoms with Gasteiger partial charge in [-0.3, -0.25) is 4.79 Å².